The Morgan fingerprint density at radius 2 is 2.00 bits per heavy atom. The molecule has 2 bridgehead atoms. The molecule has 110 valence electrons. The van der Waals surface area contributed by atoms with Crippen LogP contribution < -0.4 is 5.73 Å². The van der Waals surface area contributed by atoms with Crippen molar-refractivity contribution in [3.63, 3.8) is 0 Å². The summed E-state index contributed by atoms with van der Waals surface area (Å²) in [5.74, 6) is 0.677. The van der Waals surface area contributed by atoms with Crippen LogP contribution in [0.3, 0.4) is 0 Å². The third-order valence-electron chi connectivity index (χ3n) is 5.48. The van der Waals surface area contributed by atoms with Gasteiger partial charge in [-0.05, 0) is 56.7 Å². The molecule has 2 aliphatic rings. The lowest BCUT2D eigenvalue weighted by Crippen LogP contribution is -2.46. The molecular formula is C17H27N3. The van der Waals surface area contributed by atoms with Crippen LogP contribution in [-0.2, 0) is 12.8 Å². The Morgan fingerprint density at radius 1 is 1.30 bits per heavy atom. The van der Waals surface area contributed by atoms with Crippen molar-refractivity contribution in [2.45, 2.75) is 63.6 Å². The number of hydrogen-bond donors (Lipinski definition) is 1. The van der Waals surface area contributed by atoms with Gasteiger partial charge in [0.25, 0.3) is 0 Å². The predicted molar refractivity (Wildman–Crippen MR) is 82.6 cm³/mol. The SMILES string of the molecule is CCc1ccc(CC(N)C2CC3CCC(C2)N3C)nc1. The Morgan fingerprint density at radius 3 is 2.55 bits per heavy atom. The molecule has 0 aliphatic carbocycles. The van der Waals surface area contributed by atoms with E-state index in [1.165, 1.54) is 31.2 Å². The van der Waals surface area contributed by atoms with Crippen molar-refractivity contribution in [1.29, 1.82) is 0 Å². The smallest absolute Gasteiger partial charge is 0.0419 e. The number of piperidine rings is 1. The predicted octanol–water partition coefficient (Wildman–Crippen LogP) is 2.39. The first-order valence-corrected chi connectivity index (χ1v) is 8.08. The van der Waals surface area contributed by atoms with Crippen molar-refractivity contribution < 1.29 is 0 Å². The molecule has 1 aromatic rings. The zero-order chi connectivity index (χ0) is 14.1. The fourth-order valence-electron chi connectivity index (χ4n) is 4.00. The highest BCUT2D eigenvalue weighted by Gasteiger charge is 2.40. The molecule has 20 heavy (non-hydrogen) atoms. The number of aryl methyl sites for hydroxylation is 1. The molecule has 3 atom stereocenters. The van der Waals surface area contributed by atoms with E-state index in [1.807, 2.05) is 6.20 Å². The second kappa shape index (κ2) is 5.82. The summed E-state index contributed by atoms with van der Waals surface area (Å²) in [7, 11) is 2.29. The fourth-order valence-corrected chi connectivity index (χ4v) is 4.00. The average Bonchev–Trinajstić information content (AvgIpc) is 2.68. The second-order valence-corrected chi connectivity index (χ2v) is 6.66. The first kappa shape index (κ1) is 14.0. The maximum absolute atomic E-state index is 6.49. The lowest BCUT2D eigenvalue weighted by molar-refractivity contribution is 0.120. The van der Waals surface area contributed by atoms with Crippen LogP contribution in [0, 0.1) is 5.92 Å². The fraction of sp³-hybridized carbons (Fsp3) is 0.706. The third kappa shape index (κ3) is 2.75. The van der Waals surface area contributed by atoms with Crippen LogP contribution in [0.15, 0.2) is 18.3 Å². The number of pyridine rings is 1. The van der Waals surface area contributed by atoms with E-state index in [2.05, 4.69) is 36.0 Å². The molecule has 2 fully saturated rings. The molecule has 0 aromatic carbocycles. The number of nitrogens with two attached hydrogens (primary N) is 1. The molecule has 0 saturated carbocycles. The van der Waals surface area contributed by atoms with Gasteiger partial charge in [-0.2, -0.15) is 0 Å². The molecule has 0 radical (unpaired) electrons. The van der Waals surface area contributed by atoms with Crippen molar-refractivity contribution >= 4 is 0 Å². The Kier molecular flexibility index (Phi) is 4.08. The molecule has 3 nitrogen and oxygen atoms in total. The summed E-state index contributed by atoms with van der Waals surface area (Å²) in [6.07, 6.45) is 9.28. The van der Waals surface area contributed by atoms with Crippen LogP contribution >= 0.6 is 0 Å². The van der Waals surface area contributed by atoms with E-state index in [0.717, 1.165) is 30.6 Å². The summed E-state index contributed by atoms with van der Waals surface area (Å²) in [5, 5.41) is 0. The first-order valence-electron chi connectivity index (χ1n) is 8.08. The number of aromatic nitrogens is 1. The van der Waals surface area contributed by atoms with Crippen LogP contribution in [0.5, 0.6) is 0 Å². The molecule has 3 heteroatoms. The number of fused-ring (bicyclic) bond motifs is 2. The van der Waals surface area contributed by atoms with Crippen molar-refractivity contribution in [3.05, 3.63) is 29.6 Å². The van der Waals surface area contributed by atoms with E-state index < -0.39 is 0 Å². The molecule has 2 saturated heterocycles. The first-order chi connectivity index (χ1) is 9.67. The van der Waals surface area contributed by atoms with Crippen molar-refractivity contribution in [3.8, 4) is 0 Å². The summed E-state index contributed by atoms with van der Waals surface area (Å²) in [6, 6.07) is 6.17. The normalized spacial score (nSPS) is 31.4. The van der Waals surface area contributed by atoms with Crippen molar-refractivity contribution in [2.75, 3.05) is 7.05 Å². The number of hydrogen-bond acceptors (Lipinski definition) is 3. The van der Waals surface area contributed by atoms with Crippen molar-refractivity contribution in [1.82, 2.24) is 9.88 Å². The van der Waals surface area contributed by atoms with E-state index >= 15 is 0 Å². The van der Waals surface area contributed by atoms with Gasteiger partial charge in [0.2, 0.25) is 0 Å². The molecule has 1 aromatic heterocycles. The van der Waals surface area contributed by atoms with Crippen LogP contribution in [0.4, 0.5) is 0 Å². The van der Waals surface area contributed by atoms with Gasteiger partial charge < -0.3 is 10.6 Å². The van der Waals surface area contributed by atoms with Gasteiger partial charge in [0.05, 0.1) is 0 Å². The van der Waals surface area contributed by atoms with Crippen LogP contribution in [0.2, 0.25) is 0 Å². The van der Waals surface area contributed by atoms with Gasteiger partial charge in [0.1, 0.15) is 0 Å². The molecule has 2 aliphatic heterocycles. The monoisotopic (exact) mass is 273 g/mol. The van der Waals surface area contributed by atoms with Gasteiger partial charge in [0, 0.05) is 36.4 Å². The summed E-state index contributed by atoms with van der Waals surface area (Å²) in [4.78, 5) is 7.14. The van der Waals surface area contributed by atoms with Gasteiger partial charge in [0.15, 0.2) is 0 Å². The summed E-state index contributed by atoms with van der Waals surface area (Å²) in [5.41, 5.74) is 8.95. The van der Waals surface area contributed by atoms with Crippen LogP contribution in [-0.4, -0.2) is 35.1 Å². The van der Waals surface area contributed by atoms with E-state index in [0.29, 0.717) is 5.92 Å². The van der Waals surface area contributed by atoms with Crippen molar-refractivity contribution in [2.24, 2.45) is 11.7 Å². The molecule has 0 spiro atoms. The minimum atomic E-state index is 0.270. The van der Waals surface area contributed by atoms with Gasteiger partial charge in [-0.15, -0.1) is 0 Å². The standard InChI is InChI=1S/C17H27N3/c1-3-12-4-5-14(19-11-12)10-17(18)13-8-15-6-7-16(9-13)20(15)2/h4-5,11,13,15-17H,3,6-10,18H2,1-2H3. The number of rotatable bonds is 4. The lowest BCUT2D eigenvalue weighted by atomic mass is 9.83. The molecule has 0 amide bonds. The molecule has 3 rings (SSSR count). The summed E-state index contributed by atoms with van der Waals surface area (Å²) in [6.45, 7) is 2.16. The van der Waals surface area contributed by atoms with E-state index in [1.54, 1.807) is 0 Å². The zero-order valence-corrected chi connectivity index (χ0v) is 12.8. The van der Waals surface area contributed by atoms with Gasteiger partial charge in [-0.25, -0.2) is 0 Å². The average molecular weight is 273 g/mol. The molecular weight excluding hydrogens is 246 g/mol. The van der Waals surface area contributed by atoms with Gasteiger partial charge in [-0.1, -0.05) is 13.0 Å². The Hall–Kier alpha value is -0.930. The highest BCUT2D eigenvalue weighted by Crippen LogP contribution is 2.38. The zero-order valence-electron chi connectivity index (χ0n) is 12.8. The van der Waals surface area contributed by atoms with Crippen LogP contribution in [0.1, 0.15) is 43.9 Å². The third-order valence-corrected chi connectivity index (χ3v) is 5.48. The second-order valence-electron chi connectivity index (χ2n) is 6.66. The maximum Gasteiger partial charge on any atom is 0.0419 e. The molecule has 2 N–H and O–H groups in total. The minimum Gasteiger partial charge on any atom is -0.327 e. The Bertz CT molecular complexity index is 428. The quantitative estimate of drug-likeness (QED) is 0.916. The Labute approximate surface area is 122 Å². The number of nitrogens with zero attached hydrogens (tertiary/aromatic N) is 2. The van der Waals surface area contributed by atoms with E-state index in [9.17, 15) is 0 Å². The summed E-state index contributed by atoms with van der Waals surface area (Å²) < 4.78 is 0. The lowest BCUT2D eigenvalue weighted by Gasteiger charge is -2.38. The Balaban J connectivity index is 1.60. The largest absolute Gasteiger partial charge is 0.327 e. The minimum absolute atomic E-state index is 0.270. The van der Waals surface area contributed by atoms with Gasteiger partial charge in [-0.3, -0.25) is 4.98 Å². The highest BCUT2D eigenvalue weighted by molar-refractivity contribution is 5.15. The van der Waals surface area contributed by atoms with E-state index in [-0.39, 0.29) is 6.04 Å². The van der Waals surface area contributed by atoms with Crippen LogP contribution in [0.25, 0.3) is 0 Å². The highest BCUT2D eigenvalue weighted by atomic mass is 15.2. The van der Waals surface area contributed by atoms with E-state index in [4.69, 9.17) is 5.73 Å². The molecule has 3 heterocycles. The maximum atomic E-state index is 6.49. The summed E-state index contributed by atoms with van der Waals surface area (Å²) >= 11 is 0. The van der Waals surface area contributed by atoms with Gasteiger partial charge >= 0.3 is 0 Å². The topological polar surface area (TPSA) is 42.1 Å². The molecule has 3 unspecified atom stereocenters.